The van der Waals surface area contributed by atoms with E-state index in [1.165, 1.54) is 11.1 Å². The molecule has 0 fully saturated rings. The Morgan fingerprint density at radius 1 is 1.41 bits per heavy atom. The highest BCUT2D eigenvalue weighted by atomic mass is 16.5. The summed E-state index contributed by atoms with van der Waals surface area (Å²) in [6, 6.07) is 7.84. The molecule has 2 N–H and O–H groups in total. The molecule has 8 heteroatoms. The van der Waals surface area contributed by atoms with Crippen LogP contribution < -0.4 is 15.0 Å². The maximum atomic E-state index is 12.7. The highest BCUT2D eigenvalue weighted by Gasteiger charge is 2.31. The molecule has 2 amide bonds. The fraction of sp³-hybridized carbons (Fsp3) is 0.368. The van der Waals surface area contributed by atoms with Gasteiger partial charge in [-0.1, -0.05) is 19.1 Å². The lowest BCUT2D eigenvalue weighted by Crippen LogP contribution is -2.49. The van der Waals surface area contributed by atoms with Gasteiger partial charge in [0.2, 0.25) is 5.82 Å². The van der Waals surface area contributed by atoms with E-state index in [4.69, 9.17) is 4.74 Å². The molecule has 8 nitrogen and oxygen atoms in total. The van der Waals surface area contributed by atoms with Crippen LogP contribution in [0.2, 0.25) is 0 Å². The van der Waals surface area contributed by atoms with E-state index in [2.05, 4.69) is 15.3 Å². The van der Waals surface area contributed by atoms with Gasteiger partial charge >= 0.3 is 0 Å². The average molecular weight is 370 g/mol. The summed E-state index contributed by atoms with van der Waals surface area (Å²) in [6.07, 6.45) is 1.85. The second kappa shape index (κ2) is 7.32. The number of likely N-dealkylation sites (N-methyl/N-ethyl adjacent to an activating group) is 1. The van der Waals surface area contributed by atoms with E-state index >= 15 is 0 Å². The van der Waals surface area contributed by atoms with E-state index in [0.29, 0.717) is 23.6 Å². The average Bonchev–Trinajstić information content (AvgIpc) is 2.80. The van der Waals surface area contributed by atoms with Gasteiger partial charge in [0.05, 0.1) is 11.4 Å². The standard InChI is InChI=1S/C19H22N4O4/c1-4-19(2,26)15-9-10-20-16(22-15)17(24)21-12-11-27-14-8-6-5-7-13(14)23(3)18(12)25/h5-10,12,26H,4,11H2,1-3H3,(H,21,24)/t12-,19?/m0/s1. The van der Waals surface area contributed by atoms with E-state index < -0.39 is 17.6 Å². The summed E-state index contributed by atoms with van der Waals surface area (Å²) in [5.41, 5.74) is -0.184. The molecular weight excluding hydrogens is 348 g/mol. The quantitative estimate of drug-likeness (QED) is 0.839. The predicted molar refractivity (Wildman–Crippen MR) is 98.5 cm³/mol. The summed E-state index contributed by atoms with van der Waals surface area (Å²) in [4.78, 5) is 34.8. The molecule has 0 saturated carbocycles. The first kappa shape index (κ1) is 18.8. The molecule has 1 unspecified atom stereocenters. The molecule has 2 heterocycles. The van der Waals surface area contributed by atoms with E-state index in [1.807, 2.05) is 19.1 Å². The zero-order valence-electron chi connectivity index (χ0n) is 15.5. The number of rotatable bonds is 4. The van der Waals surface area contributed by atoms with Crippen LogP contribution in [0.4, 0.5) is 5.69 Å². The van der Waals surface area contributed by atoms with Crippen LogP contribution >= 0.6 is 0 Å². The molecule has 0 saturated heterocycles. The van der Waals surface area contributed by atoms with Gasteiger partial charge in [0, 0.05) is 13.2 Å². The van der Waals surface area contributed by atoms with Crippen molar-refractivity contribution in [3.8, 4) is 5.75 Å². The number of aromatic nitrogens is 2. The molecule has 27 heavy (non-hydrogen) atoms. The SMILES string of the molecule is CCC(C)(O)c1ccnc(C(=O)N[C@H]2COc3ccccc3N(C)C2=O)n1. The van der Waals surface area contributed by atoms with Crippen LogP contribution in [0.25, 0.3) is 0 Å². The lowest BCUT2D eigenvalue weighted by atomic mass is 9.99. The van der Waals surface area contributed by atoms with Crippen molar-refractivity contribution < 1.29 is 19.4 Å². The number of anilines is 1. The molecule has 0 aliphatic carbocycles. The number of nitrogens with zero attached hydrogens (tertiary/aromatic N) is 3. The van der Waals surface area contributed by atoms with Gasteiger partial charge < -0.3 is 20.1 Å². The number of nitrogens with one attached hydrogen (secondary N) is 1. The Morgan fingerprint density at radius 2 is 2.15 bits per heavy atom. The smallest absolute Gasteiger partial charge is 0.289 e. The van der Waals surface area contributed by atoms with Crippen molar-refractivity contribution in [2.75, 3.05) is 18.6 Å². The molecule has 142 valence electrons. The Morgan fingerprint density at radius 3 is 2.89 bits per heavy atom. The van der Waals surface area contributed by atoms with Gasteiger partial charge in [0.15, 0.2) is 0 Å². The minimum atomic E-state index is -1.17. The van der Waals surface area contributed by atoms with Gasteiger partial charge in [0.1, 0.15) is 24.0 Å². The molecule has 1 aliphatic rings. The van der Waals surface area contributed by atoms with Crippen molar-refractivity contribution in [3.63, 3.8) is 0 Å². The Balaban J connectivity index is 1.79. The van der Waals surface area contributed by atoms with Crippen molar-refractivity contribution in [2.24, 2.45) is 0 Å². The molecule has 2 aromatic rings. The zero-order chi connectivity index (χ0) is 19.6. The number of ether oxygens (including phenoxy) is 1. The summed E-state index contributed by atoms with van der Waals surface area (Å²) in [5, 5.41) is 13.0. The second-order valence-electron chi connectivity index (χ2n) is 6.59. The highest BCUT2D eigenvalue weighted by Crippen LogP contribution is 2.29. The summed E-state index contributed by atoms with van der Waals surface area (Å²) in [5.74, 6) is -0.448. The number of fused-ring (bicyclic) bond motifs is 1. The van der Waals surface area contributed by atoms with E-state index in [1.54, 1.807) is 32.2 Å². The fourth-order valence-corrected chi connectivity index (χ4v) is 2.73. The van der Waals surface area contributed by atoms with Crippen LogP contribution in [0.3, 0.4) is 0 Å². The topological polar surface area (TPSA) is 105 Å². The lowest BCUT2D eigenvalue weighted by Gasteiger charge is -2.21. The third kappa shape index (κ3) is 3.75. The van der Waals surface area contributed by atoms with Gasteiger partial charge in [0.25, 0.3) is 11.8 Å². The summed E-state index contributed by atoms with van der Waals surface area (Å²) >= 11 is 0. The number of amides is 2. The van der Waals surface area contributed by atoms with Crippen LogP contribution in [-0.2, 0) is 10.4 Å². The molecule has 0 spiro atoms. The molecule has 3 rings (SSSR count). The number of carbonyl (C=O) groups excluding carboxylic acids is 2. The molecule has 2 atom stereocenters. The van der Waals surface area contributed by atoms with Crippen molar-refractivity contribution in [1.82, 2.24) is 15.3 Å². The summed E-state index contributed by atoms with van der Waals surface area (Å²) in [7, 11) is 1.63. The summed E-state index contributed by atoms with van der Waals surface area (Å²) in [6.45, 7) is 3.43. The van der Waals surface area contributed by atoms with Crippen LogP contribution in [0.1, 0.15) is 36.6 Å². The number of carbonyl (C=O) groups is 2. The molecule has 1 aromatic heterocycles. The maximum absolute atomic E-state index is 12.7. The first-order chi connectivity index (χ1) is 12.8. The first-order valence-corrected chi connectivity index (χ1v) is 8.69. The van der Waals surface area contributed by atoms with E-state index in [9.17, 15) is 14.7 Å². The van der Waals surface area contributed by atoms with Crippen LogP contribution in [0.15, 0.2) is 36.5 Å². The van der Waals surface area contributed by atoms with Crippen molar-refractivity contribution in [3.05, 3.63) is 48.0 Å². The third-order valence-electron chi connectivity index (χ3n) is 4.67. The van der Waals surface area contributed by atoms with E-state index in [-0.39, 0.29) is 18.3 Å². The largest absolute Gasteiger partial charge is 0.489 e. The minimum Gasteiger partial charge on any atom is -0.489 e. The van der Waals surface area contributed by atoms with Gasteiger partial charge in [-0.05, 0) is 31.5 Å². The van der Waals surface area contributed by atoms with Crippen LogP contribution in [0, 0.1) is 0 Å². The van der Waals surface area contributed by atoms with Crippen molar-refractivity contribution >= 4 is 17.5 Å². The number of hydrogen-bond acceptors (Lipinski definition) is 6. The highest BCUT2D eigenvalue weighted by molar-refractivity contribution is 6.02. The Hall–Kier alpha value is -3.00. The Bertz CT molecular complexity index is 868. The minimum absolute atomic E-state index is 0.00169. The lowest BCUT2D eigenvalue weighted by molar-refractivity contribution is -0.120. The number of para-hydroxylation sites is 2. The van der Waals surface area contributed by atoms with Crippen LogP contribution in [0.5, 0.6) is 5.75 Å². The molecule has 0 bridgehead atoms. The van der Waals surface area contributed by atoms with Gasteiger partial charge in [-0.25, -0.2) is 9.97 Å². The predicted octanol–water partition coefficient (Wildman–Crippen LogP) is 1.25. The van der Waals surface area contributed by atoms with Gasteiger partial charge in [-0.3, -0.25) is 9.59 Å². The zero-order valence-corrected chi connectivity index (χ0v) is 15.5. The number of benzene rings is 1. The summed E-state index contributed by atoms with van der Waals surface area (Å²) < 4.78 is 5.68. The van der Waals surface area contributed by atoms with E-state index in [0.717, 1.165) is 0 Å². The molecular formula is C19H22N4O4. The van der Waals surface area contributed by atoms with Crippen molar-refractivity contribution in [2.45, 2.75) is 31.9 Å². The van der Waals surface area contributed by atoms with Gasteiger partial charge in [-0.2, -0.15) is 0 Å². The normalized spacial score (nSPS) is 18.7. The van der Waals surface area contributed by atoms with Crippen molar-refractivity contribution in [1.29, 1.82) is 0 Å². The number of aliphatic hydroxyl groups is 1. The monoisotopic (exact) mass is 370 g/mol. The van der Waals surface area contributed by atoms with Crippen LogP contribution in [-0.4, -0.2) is 46.6 Å². The first-order valence-electron chi connectivity index (χ1n) is 8.69. The third-order valence-corrected chi connectivity index (χ3v) is 4.67. The fourth-order valence-electron chi connectivity index (χ4n) is 2.73. The number of hydrogen-bond donors (Lipinski definition) is 2. The Labute approximate surface area is 157 Å². The second-order valence-corrected chi connectivity index (χ2v) is 6.59. The maximum Gasteiger partial charge on any atom is 0.289 e. The van der Waals surface area contributed by atoms with Gasteiger partial charge in [-0.15, -0.1) is 0 Å². The molecule has 1 aliphatic heterocycles. The molecule has 0 radical (unpaired) electrons. The molecule has 1 aromatic carbocycles. The Kier molecular flexibility index (Phi) is 5.09.